The van der Waals surface area contributed by atoms with E-state index in [1.165, 1.54) is 0 Å². The van der Waals surface area contributed by atoms with Gasteiger partial charge in [0.2, 0.25) is 8.32 Å². The van der Waals surface area contributed by atoms with E-state index in [1.807, 2.05) is 46.9 Å². The molecule has 0 unspecified atom stereocenters. The van der Waals surface area contributed by atoms with Crippen molar-refractivity contribution in [3.05, 3.63) is 0 Å². The quantitative estimate of drug-likeness (QED) is 0.568. The number of nitrogens with one attached hydrogen (secondary N) is 1. The Labute approximate surface area is 168 Å². The van der Waals surface area contributed by atoms with Crippen LogP contribution in [0.4, 0.5) is 13.6 Å². The standard InChI is InChI=1S/C19H37F2NO5Si/c1-11(2)28(12(3)4,13(5)6)27-14(16(23)24)15(19(10,20)21)22-17(25)26-18(7,8)9/h11-15H,1-10H3,(H,22,25)(H,23,24)/p-1/t14-,15-/m1/s1. The highest BCUT2D eigenvalue weighted by molar-refractivity contribution is 6.77. The second-order valence-electron chi connectivity index (χ2n) is 9.26. The van der Waals surface area contributed by atoms with Crippen LogP contribution in [0, 0.1) is 0 Å². The fraction of sp³-hybridized carbons (Fsp3) is 0.895. The monoisotopic (exact) mass is 424 g/mol. The van der Waals surface area contributed by atoms with E-state index in [4.69, 9.17) is 9.16 Å². The van der Waals surface area contributed by atoms with Crippen molar-refractivity contribution in [3.63, 3.8) is 0 Å². The molecule has 0 aromatic rings. The first-order valence-corrected chi connectivity index (χ1v) is 11.8. The zero-order valence-corrected chi connectivity index (χ0v) is 19.7. The summed E-state index contributed by atoms with van der Waals surface area (Å²) in [6.45, 7) is 16.7. The molecule has 0 heterocycles. The fourth-order valence-electron chi connectivity index (χ4n) is 3.78. The van der Waals surface area contributed by atoms with Gasteiger partial charge in [0, 0.05) is 6.92 Å². The summed E-state index contributed by atoms with van der Waals surface area (Å²) in [5.74, 6) is -5.37. The zero-order chi connectivity index (χ0) is 22.7. The molecule has 0 radical (unpaired) electrons. The van der Waals surface area contributed by atoms with Crippen LogP contribution >= 0.6 is 0 Å². The van der Waals surface area contributed by atoms with Gasteiger partial charge in [0.15, 0.2) is 0 Å². The lowest BCUT2D eigenvalue weighted by molar-refractivity contribution is -0.317. The van der Waals surface area contributed by atoms with Crippen molar-refractivity contribution in [3.8, 4) is 0 Å². The van der Waals surface area contributed by atoms with Crippen molar-refractivity contribution in [2.45, 2.75) is 110 Å². The Hall–Kier alpha value is -1.22. The van der Waals surface area contributed by atoms with Crippen molar-refractivity contribution in [2.24, 2.45) is 0 Å². The Morgan fingerprint density at radius 3 is 1.57 bits per heavy atom. The fourth-order valence-corrected chi connectivity index (χ4v) is 9.27. The predicted octanol–water partition coefficient (Wildman–Crippen LogP) is 3.85. The van der Waals surface area contributed by atoms with E-state index in [-0.39, 0.29) is 16.6 Å². The Kier molecular flexibility index (Phi) is 9.10. The number of amides is 1. The Bertz CT molecular complexity index is 520. The number of alkyl halides is 2. The van der Waals surface area contributed by atoms with Gasteiger partial charge in [-0.15, -0.1) is 0 Å². The topological polar surface area (TPSA) is 87.7 Å². The molecule has 0 spiro atoms. The third kappa shape index (κ3) is 6.99. The summed E-state index contributed by atoms with van der Waals surface area (Å²) in [6, 6.07) is -2.13. The van der Waals surface area contributed by atoms with Crippen LogP contribution in [0.5, 0.6) is 0 Å². The van der Waals surface area contributed by atoms with Gasteiger partial charge in [0.1, 0.15) is 17.7 Å². The summed E-state index contributed by atoms with van der Waals surface area (Å²) in [5, 5.41) is 13.9. The van der Waals surface area contributed by atoms with Gasteiger partial charge >= 0.3 is 6.09 Å². The SMILES string of the molecule is CC(C)[Si](O[C@@H](C(=O)[O-])[C@@H](NC(=O)OC(C)(C)C)C(C)(F)F)(C(C)C)C(C)C. The molecule has 0 saturated carbocycles. The number of carboxylic acid groups (broad SMARTS) is 1. The number of hydrogen-bond acceptors (Lipinski definition) is 5. The highest BCUT2D eigenvalue weighted by Crippen LogP contribution is 2.43. The summed E-state index contributed by atoms with van der Waals surface area (Å²) in [5.41, 5.74) is -1.05. The molecule has 0 rings (SSSR count). The van der Waals surface area contributed by atoms with Gasteiger partial charge < -0.3 is 24.4 Å². The number of carbonyl (C=O) groups excluding carboxylic acids is 2. The van der Waals surface area contributed by atoms with E-state index in [0.29, 0.717) is 6.92 Å². The molecule has 0 fully saturated rings. The second kappa shape index (κ2) is 9.52. The van der Waals surface area contributed by atoms with Crippen molar-refractivity contribution in [1.29, 1.82) is 0 Å². The van der Waals surface area contributed by atoms with Crippen molar-refractivity contribution < 1.29 is 32.6 Å². The van der Waals surface area contributed by atoms with E-state index >= 15 is 0 Å². The van der Waals surface area contributed by atoms with Crippen LogP contribution in [0.25, 0.3) is 0 Å². The largest absolute Gasteiger partial charge is 0.547 e. The number of rotatable bonds is 9. The Balaban J connectivity index is 6.09. The first-order chi connectivity index (χ1) is 12.4. The van der Waals surface area contributed by atoms with Gasteiger partial charge in [-0.25, -0.2) is 13.6 Å². The maximum Gasteiger partial charge on any atom is 0.408 e. The number of ether oxygens (including phenoxy) is 1. The molecule has 0 saturated heterocycles. The normalized spacial score (nSPS) is 15.7. The molecular weight excluding hydrogens is 388 g/mol. The zero-order valence-electron chi connectivity index (χ0n) is 18.7. The Morgan fingerprint density at radius 2 is 1.32 bits per heavy atom. The molecule has 0 aromatic heterocycles. The lowest BCUT2D eigenvalue weighted by Gasteiger charge is -2.47. The van der Waals surface area contributed by atoms with Crippen LogP contribution in [0.2, 0.25) is 16.6 Å². The minimum Gasteiger partial charge on any atom is -0.547 e. The number of alkyl carbamates (subject to hydrolysis) is 1. The van der Waals surface area contributed by atoms with Gasteiger partial charge in [-0.05, 0) is 37.4 Å². The highest BCUT2D eigenvalue weighted by Gasteiger charge is 2.51. The number of carbonyl (C=O) groups is 2. The molecule has 166 valence electrons. The van der Waals surface area contributed by atoms with E-state index < -0.39 is 44.0 Å². The lowest BCUT2D eigenvalue weighted by Crippen LogP contribution is -2.64. The summed E-state index contributed by atoms with van der Waals surface area (Å²) in [6.07, 6.45) is -3.15. The average Bonchev–Trinajstić information content (AvgIpc) is 2.41. The van der Waals surface area contributed by atoms with Crippen LogP contribution in [-0.4, -0.2) is 44.0 Å². The molecular formula is C19H36F2NO5Si-. The predicted molar refractivity (Wildman–Crippen MR) is 105 cm³/mol. The number of hydrogen-bond donors (Lipinski definition) is 1. The Morgan fingerprint density at radius 1 is 0.929 bits per heavy atom. The average molecular weight is 425 g/mol. The molecule has 2 atom stereocenters. The summed E-state index contributed by atoms with van der Waals surface area (Å²) in [4.78, 5) is 23.9. The molecule has 28 heavy (non-hydrogen) atoms. The smallest absolute Gasteiger partial charge is 0.408 e. The molecule has 0 aromatic carbocycles. The van der Waals surface area contributed by atoms with Crippen LogP contribution in [-0.2, 0) is 14.0 Å². The molecule has 9 heteroatoms. The van der Waals surface area contributed by atoms with Crippen LogP contribution in [0.1, 0.15) is 69.2 Å². The van der Waals surface area contributed by atoms with Gasteiger partial charge in [-0.2, -0.15) is 0 Å². The first-order valence-electron chi connectivity index (χ1n) is 9.62. The van der Waals surface area contributed by atoms with Crippen LogP contribution < -0.4 is 10.4 Å². The van der Waals surface area contributed by atoms with Crippen molar-refractivity contribution >= 4 is 20.4 Å². The summed E-state index contributed by atoms with van der Waals surface area (Å²) >= 11 is 0. The highest BCUT2D eigenvalue weighted by atomic mass is 28.4. The molecule has 0 aliphatic carbocycles. The maximum atomic E-state index is 14.3. The van der Waals surface area contributed by atoms with Gasteiger partial charge in [-0.1, -0.05) is 41.5 Å². The minimum atomic E-state index is -3.58. The molecule has 0 aliphatic rings. The molecule has 0 bridgehead atoms. The summed E-state index contributed by atoms with van der Waals surface area (Å²) < 4.78 is 39.7. The van der Waals surface area contributed by atoms with Crippen molar-refractivity contribution in [1.82, 2.24) is 5.32 Å². The minimum absolute atomic E-state index is 0.0398. The third-order valence-electron chi connectivity index (χ3n) is 4.79. The number of aliphatic carboxylic acids is 1. The molecule has 6 nitrogen and oxygen atoms in total. The third-order valence-corrected chi connectivity index (χ3v) is 10.9. The summed E-state index contributed by atoms with van der Waals surface area (Å²) in [7, 11) is -2.84. The van der Waals surface area contributed by atoms with Crippen molar-refractivity contribution in [2.75, 3.05) is 0 Å². The van der Waals surface area contributed by atoms with E-state index in [0.717, 1.165) is 0 Å². The van der Waals surface area contributed by atoms with Gasteiger partial charge in [0.05, 0.1) is 5.97 Å². The van der Waals surface area contributed by atoms with Gasteiger partial charge in [-0.3, -0.25) is 0 Å². The molecule has 1 amide bonds. The van der Waals surface area contributed by atoms with E-state index in [9.17, 15) is 23.5 Å². The lowest BCUT2D eigenvalue weighted by atomic mass is 10.1. The van der Waals surface area contributed by atoms with E-state index in [1.54, 1.807) is 20.8 Å². The molecule has 1 N–H and O–H groups in total. The number of halogens is 2. The van der Waals surface area contributed by atoms with Gasteiger partial charge in [0.25, 0.3) is 5.92 Å². The number of carboxylic acids is 1. The molecule has 0 aliphatic heterocycles. The maximum absolute atomic E-state index is 14.3. The van der Waals surface area contributed by atoms with Crippen LogP contribution in [0.15, 0.2) is 0 Å². The van der Waals surface area contributed by atoms with E-state index in [2.05, 4.69) is 0 Å². The first kappa shape index (κ1) is 26.8. The van der Waals surface area contributed by atoms with Crippen LogP contribution in [0.3, 0.4) is 0 Å². The second-order valence-corrected chi connectivity index (χ2v) is 14.7.